The molecule has 1 saturated heterocycles. The molecule has 1 aromatic carbocycles. The van der Waals surface area contributed by atoms with E-state index in [2.05, 4.69) is 15.5 Å². The van der Waals surface area contributed by atoms with Crippen molar-refractivity contribution in [1.82, 2.24) is 20.1 Å². The fourth-order valence-corrected chi connectivity index (χ4v) is 3.06. The van der Waals surface area contributed by atoms with Gasteiger partial charge in [-0.1, -0.05) is 17.7 Å². The van der Waals surface area contributed by atoms with Crippen LogP contribution in [0.3, 0.4) is 0 Å². The first-order chi connectivity index (χ1) is 12.8. The van der Waals surface area contributed by atoms with Gasteiger partial charge >= 0.3 is 6.03 Å². The Kier molecular flexibility index (Phi) is 5.08. The van der Waals surface area contributed by atoms with Crippen LogP contribution in [0.1, 0.15) is 5.56 Å². The van der Waals surface area contributed by atoms with Crippen LogP contribution in [-0.4, -0.2) is 77.9 Å². The molecule has 4 amide bonds. The van der Waals surface area contributed by atoms with Gasteiger partial charge in [-0.3, -0.25) is 14.5 Å². The third-order valence-electron chi connectivity index (χ3n) is 4.29. The Morgan fingerprint density at radius 3 is 2.85 bits per heavy atom. The Labute approximate surface area is 159 Å². The maximum Gasteiger partial charge on any atom is 0.328 e. The number of likely N-dealkylation sites (N-methyl/N-ethyl adjacent to an activating group) is 2. The monoisotopic (exact) mass is 394 g/mol. The number of carbonyl (C=O) groups excluding carboxylic acids is 3. The Bertz CT molecular complexity index is 840. The Hall–Kier alpha value is -3.01. The van der Waals surface area contributed by atoms with Crippen molar-refractivity contribution in [3.63, 3.8) is 0 Å². The molecule has 1 fully saturated rings. The number of benzene rings is 1. The van der Waals surface area contributed by atoms with Gasteiger partial charge in [0.25, 0.3) is 11.8 Å². The van der Waals surface area contributed by atoms with Crippen molar-refractivity contribution in [3.8, 4) is 0 Å². The van der Waals surface area contributed by atoms with E-state index in [1.807, 2.05) is 0 Å². The van der Waals surface area contributed by atoms with E-state index in [4.69, 9.17) is 11.6 Å². The fourth-order valence-electron chi connectivity index (χ4n) is 2.85. The number of carbonyl (C=O) groups is 3. The molecule has 2 heterocycles. The van der Waals surface area contributed by atoms with Crippen molar-refractivity contribution in [2.45, 2.75) is 12.2 Å². The number of hydrogen-bond donors (Lipinski definition) is 1. The van der Waals surface area contributed by atoms with Crippen molar-refractivity contribution in [3.05, 3.63) is 34.6 Å². The molecule has 2 atom stereocenters. The second-order valence-corrected chi connectivity index (χ2v) is 6.42. The van der Waals surface area contributed by atoms with E-state index in [9.17, 15) is 18.8 Å². The Morgan fingerprint density at radius 2 is 2.15 bits per heavy atom. The van der Waals surface area contributed by atoms with Crippen molar-refractivity contribution in [1.29, 1.82) is 0 Å². The molecule has 27 heavy (non-hydrogen) atoms. The summed E-state index contributed by atoms with van der Waals surface area (Å²) in [6.45, 7) is -0.214. The number of fused-ring (bicyclic) bond motifs is 1. The molecule has 0 spiro atoms. The molecular weight excluding hydrogens is 379 g/mol. The highest BCUT2D eigenvalue weighted by molar-refractivity contribution is 6.33. The summed E-state index contributed by atoms with van der Waals surface area (Å²) < 4.78 is 13.6. The van der Waals surface area contributed by atoms with Crippen molar-refractivity contribution < 1.29 is 18.8 Å². The number of imide groups is 1. The van der Waals surface area contributed by atoms with E-state index >= 15 is 0 Å². The fraction of sp³-hybridized carbons (Fsp3) is 0.312. The molecule has 1 N–H and O–H groups in total. The number of nitrogens with zero attached hydrogens (tertiary/aromatic N) is 5. The Balaban J connectivity index is 1.63. The summed E-state index contributed by atoms with van der Waals surface area (Å²) in [6, 6.07) is 2.93. The summed E-state index contributed by atoms with van der Waals surface area (Å²) in [5, 5.41) is 3.85. The van der Waals surface area contributed by atoms with Gasteiger partial charge in [0.2, 0.25) is 0 Å². The molecule has 0 aromatic heterocycles. The third-order valence-corrected chi connectivity index (χ3v) is 4.61. The minimum Gasteiger partial charge on any atom is -0.338 e. The molecule has 0 bridgehead atoms. The summed E-state index contributed by atoms with van der Waals surface area (Å²) >= 11 is 5.87. The van der Waals surface area contributed by atoms with E-state index in [0.717, 1.165) is 11.1 Å². The van der Waals surface area contributed by atoms with Crippen LogP contribution in [0.25, 0.3) is 0 Å². The zero-order chi connectivity index (χ0) is 19.7. The molecule has 1 aromatic rings. The van der Waals surface area contributed by atoms with E-state index < -0.39 is 35.9 Å². The lowest BCUT2D eigenvalue weighted by Crippen LogP contribution is -2.64. The standard InChI is InChI=1S/C16H16ClFN6O3/c1-22-14-13(15(26)23(2)16(22)27)24(8-19-14)7-12(25)21-20-6-9-10(17)4-3-5-11(9)18/h3-6,8,13-14H,7H2,1-2H3,(H,21,25)/b20-6+. The summed E-state index contributed by atoms with van der Waals surface area (Å²) in [5.41, 5.74) is 2.30. The van der Waals surface area contributed by atoms with E-state index in [-0.39, 0.29) is 17.1 Å². The number of rotatable bonds is 4. The average Bonchev–Trinajstić information content (AvgIpc) is 3.04. The first kappa shape index (κ1) is 18.8. The lowest BCUT2D eigenvalue weighted by Gasteiger charge is -2.39. The molecule has 0 aliphatic carbocycles. The summed E-state index contributed by atoms with van der Waals surface area (Å²) in [5.74, 6) is -1.56. The highest BCUT2D eigenvalue weighted by Gasteiger charge is 2.48. The van der Waals surface area contributed by atoms with Crippen molar-refractivity contribution in [2.75, 3.05) is 20.6 Å². The second kappa shape index (κ2) is 7.31. The van der Waals surface area contributed by atoms with Gasteiger partial charge in [0.15, 0.2) is 12.2 Å². The molecule has 9 nitrogen and oxygen atoms in total. The predicted molar refractivity (Wildman–Crippen MR) is 95.8 cm³/mol. The molecule has 2 aliphatic heterocycles. The van der Waals surface area contributed by atoms with Crippen LogP contribution in [0.2, 0.25) is 5.02 Å². The number of aliphatic imine (C=N–C) groups is 1. The summed E-state index contributed by atoms with van der Waals surface area (Å²) in [4.78, 5) is 44.3. The van der Waals surface area contributed by atoms with Gasteiger partial charge in [0.1, 0.15) is 12.4 Å². The topological polar surface area (TPSA) is 97.7 Å². The van der Waals surface area contributed by atoms with E-state index in [1.54, 1.807) is 0 Å². The predicted octanol–water partition coefficient (Wildman–Crippen LogP) is 0.492. The van der Waals surface area contributed by atoms with Crippen LogP contribution in [0, 0.1) is 5.82 Å². The Morgan fingerprint density at radius 1 is 1.41 bits per heavy atom. The summed E-state index contributed by atoms with van der Waals surface area (Å²) in [6.07, 6.45) is 1.77. The quantitative estimate of drug-likeness (QED) is 0.593. The van der Waals surface area contributed by atoms with Crippen LogP contribution in [0.5, 0.6) is 0 Å². The first-order valence-electron chi connectivity index (χ1n) is 7.90. The molecule has 142 valence electrons. The van der Waals surface area contributed by atoms with Gasteiger partial charge in [-0.2, -0.15) is 5.10 Å². The average molecular weight is 395 g/mol. The summed E-state index contributed by atoms with van der Waals surface area (Å²) in [7, 11) is 2.91. The number of halogens is 2. The van der Waals surface area contributed by atoms with Gasteiger partial charge in [0.05, 0.1) is 17.6 Å². The van der Waals surface area contributed by atoms with E-state index in [1.165, 1.54) is 48.4 Å². The van der Waals surface area contributed by atoms with Gasteiger partial charge in [-0.25, -0.2) is 19.6 Å². The minimum atomic E-state index is -0.784. The molecule has 2 unspecified atom stereocenters. The number of nitrogens with one attached hydrogen (secondary N) is 1. The zero-order valence-electron chi connectivity index (χ0n) is 14.5. The number of urea groups is 1. The molecule has 0 saturated carbocycles. The normalized spacial score (nSPS) is 22.0. The molecule has 3 rings (SSSR count). The maximum absolute atomic E-state index is 13.6. The minimum absolute atomic E-state index is 0.0477. The lowest BCUT2D eigenvalue weighted by atomic mass is 10.1. The number of hydrazone groups is 1. The largest absolute Gasteiger partial charge is 0.338 e. The van der Waals surface area contributed by atoms with E-state index in [0.29, 0.717) is 0 Å². The zero-order valence-corrected chi connectivity index (χ0v) is 15.2. The van der Waals surface area contributed by atoms with Crippen molar-refractivity contribution >= 4 is 42.0 Å². The number of amides is 4. The van der Waals surface area contributed by atoms with Crippen LogP contribution < -0.4 is 5.43 Å². The number of hydrogen-bond acceptors (Lipinski definition) is 6. The molecular formula is C16H16ClFN6O3. The van der Waals surface area contributed by atoms with Crippen LogP contribution in [-0.2, 0) is 9.59 Å². The van der Waals surface area contributed by atoms with Gasteiger partial charge in [0, 0.05) is 19.7 Å². The molecule has 11 heteroatoms. The lowest BCUT2D eigenvalue weighted by molar-refractivity contribution is -0.136. The van der Waals surface area contributed by atoms with Crippen LogP contribution in [0.4, 0.5) is 9.18 Å². The third kappa shape index (κ3) is 3.47. The molecule has 0 radical (unpaired) electrons. The van der Waals surface area contributed by atoms with Crippen LogP contribution >= 0.6 is 11.6 Å². The van der Waals surface area contributed by atoms with Gasteiger partial charge in [-0.05, 0) is 12.1 Å². The van der Waals surface area contributed by atoms with Gasteiger partial charge < -0.3 is 9.80 Å². The maximum atomic E-state index is 13.6. The SMILES string of the molecule is CN1C(=O)C2C(N=CN2CC(=O)N/N=C/c2c(F)cccc2Cl)N(C)C1=O. The highest BCUT2D eigenvalue weighted by Crippen LogP contribution is 2.24. The molecule has 2 aliphatic rings. The second-order valence-electron chi connectivity index (χ2n) is 6.01. The van der Waals surface area contributed by atoms with Crippen LogP contribution in [0.15, 0.2) is 28.3 Å². The highest BCUT2D eigenvalue weighted by atomic mass is 35.5. The van der Waals surface area contributed by atoms with Gasteiger partial charge in [-0.15, -0.1) is 0 Å². The first-order valence-corrected chi connectivity index (χ1v) is 8.28. The smallest absolute Gasteiger partial charge is 0.328 e. The van der Waals surface area contributed by atoms with Crippen molar-refractivity contribution in [2.24, 2.45) is 10.1 Å².